The molecule has 0 unspecified atom stereocenters. The molecule has 1 saturated carbocycles. The van der Waals surface area contributed by atoms with Gasteiger partial charge in [-0.05, 0) is 31.4 Å². The number of carbonyl (C=O) groups is 1. The maximum atomic E-state index is 12.6. The second kappa shape index (κ2) is 7.34. The number of para-hydroxylation sites is 1. The SMILES string of the molecule is Cc1ccccc1N(CC(=O)N(C)C1CCCCC1)S(C)(=O)=O. The molecule has 1 aliphatic rings. The molecule has 0 radical (unpaired) electrons. The third-order valence-electron chi connectivity index (χ3n) is 4.58. The lowest BCUT2D eigenvalue weighted by molar-refractivity contribution is -0.130. The first kappa shape index (κ1) is 17.8. The molecule has 1 aromatic rings. The maximum Gasteiger partial charge on any atom is 0.243 e. The van der Waals surface area contributed by atoms with Gasteiger partial charge in [0.25, 0.3) is 0 Å². The highest BCUT2D eigenvalue weighted by Crippen LogP contribution is 2.24. The zero-order valence-corrected chi connectivity index (χ0v) is 15.0. The second-order valence-corrected chi connectivity index (χ2v) is 8.26. The Balaban J connectivity index is 2.18. The van der Waals surface area contributed by atoms with E-state index in [-0.39, 0.29) is 18.5 Å². The Morgan fingerprint density at radius 3 is 2.35 bits per heavy atom. The number of hydrogen-bond donors (Lipinski definition) is 0. The molecule has 2 rings (SSSR count). The standard InChI is InChI=1S/C17H26N2O3S/c1-14-9-7-8-12-16(14)19(23(3,21)22)13-17(20)18(2)15-10-5-4-6-11-15/h7-9,12,15H,4-6,10-11,13H2,1-3H3. The molecule has 0 atom stereocenters. The number of rotatable bonds is 5. The summed E-state index contributed by atoms with van der Waals surface area (Å²) in [5, 5.41) is 0. The summed E-state index contributed by atoms with van der Waals surface area (Å²) in [5.41, 5.74) is 1.41. The third kappa shape index (κ3) is 4.47. The van der Waals surface area contributed by atoms with E-state index in [1.165, 1.54) is 10.7 Å². The van der Waals surface area contributed by atoms with Crippen LogP contribution in [0.2, 0.25) is 0 Å². The zero-order valence-electron chi connectivity index (χ0n) is 14.2. The third-order valence-corrected chi connectivity index (χ3v) is 5.71. The summed E-state index contributed by atoms with van der Waals surface area (Å²) in [5.74, 6) is -0.148. The van der Waals surface area contributed by atoms with E-state index in [1.54, 1.807) is 24.1 Å². The Morgan fingerprint density at radius 2 is 1.78 bits per heavy atom. The van der Waals surface area contributed by atoms with Gasteiger partial charge in [-0.3, -0.25) is 9.10 Å². The number of benzene rings is 1. The van der Waals surface area contributed by atoms with Crippen LogP contribution in [0.1, 0.15) is 37.7 Å². The van der Waals surface area contributed by atoms with Crippen LogP contribution in [-0.4, -0.2) is 45.1 Å². The molecule has 1 fully saturated rings. The summed E-state index contributed by atoms with van der Waals surface area (Å²) in [6.45, 7) is 1.71. The molecule has 1 aromatic carbocycles. The van der Waals surface area contributed by atoms with Crippen molar-refractivity contribution in [2.45, 2.75) is 45.1 Å². The van der Waals surface area contributed by atoms with E-state index in [0.717, 1.165) is 37.5 Å². The lowest BCUT2D eigenvalue weighted by Gasteiger charge is -2.33. The monoisotopic (exact) mass is 338 g/mol. The van der Waals surface area contributed by atoms with Crippen LogP contribution >= 0.6 is 0 Å². The molecule has 0 spiro atoms. The molecule has 0 aliphatic heterocycles. The van der Waals surface area contributed by atoms with E-state index in [1.807, 2.05) is 19.1 Å². The first-order valence-electron chi connectivity index (χ1n) is 8.09. The Kier molecular flexibility index (Phi) is 5.68. The minimum Gasteiger partial charge on any atom is -0.341 e. The van der Waals surface area contributed by atoms with Crippen LogP contribution in [0.3, 0.4) is 0 Å². The molecule has 5 nitrogen and oxygen atoms in total. The molecule has 0 saturated heterocycles. The summed E-state index contributed by atoms with van der Waals surface area (Å²) in [4.78, 5) is 14.3. The van der Waals surface area contributed by atoms with Crippen molar-refractivity contribution in [1.82, 2.24) is 4.90 Å². The van der Waals surface area contributed by atoms with E-state index >= 15 is 0 Å². The quantitative estimate of drug-likeness (QED) is 0.829. The predicted octanol–water partition coefficient (Wildman–Crippen LogP) is 2.55. The molecule has 23 heavy (non-hydrogen) atoms. The second-order valence-electron chi connectivity index (χ2n) is 6.35. The number of hydrogen-bond acceptors (Lipinski definition) is 3. The van der Waals surface area contributed by atoms with Gasteiger partial charge < -0.3 is 4.90 Å². The Morgan fingerprint density at radius 1 is 1.17 bits per heavy atom. The number of likely N-dealkylation sites (N-methyl/N-ethyl adjacent to an activating group) is 1. The number of aryl methyl sites for hydroxylation is 1. The largest absolute Gasteiger partial charge is 0.341 e. The van der Waals surface area contributed by atoms with Crippen LogP contribution < -0.4 is 4.31 Å². The van der Waals surface area contributed by atoms with Crippen molar-refractivity contribution < 1.29 is 13.2 Å². The summed E-state index contributed by atoms with van der Waals surface area (Å²) in [7, 11) is -1.73. The minimum atomic E-state index is -3.51. The van der Waals surface area contributed by atoms with Crippen LogP contribution in [0, 0.1) is 6.92 Å². The maximum absolute atomic E-state index is 12.6. The van der Waals surface area contributed by atoms with Crippen LogP contribution in [0.4, 0.5) is 5.69 Å². The van der Waals surface area contributed by atoms with Gasteiger partial charge >= 0.3 is 0 Å². The van der Waals surface area contributed by atoms with E-state index in [4.69, 9.17) is 0 Å². The number of carbonyl (C=O) groups excluding carboxylic acids is 1. The summed E-state index contributed by atoms with van der Waals surface area (Å²) in [6.07, 6.45) is 6.65. The van der Waals surface area contributed by atoms with Crippen molar-refractivity contribution in [2.75, 3.05) is 24.2 Å². The van der Waals surface area contributed by atoms with Gasteiger partial charge in [0.1, 0.15) is 6.54 Å². The lowest BCUT2D eigenvalue weighted by Crippen LogP contribution is -2.45. The predicted molar refractivity (Wildman–Crippen MR) is 93.0 cm³/mol. The Bertz CT molecular complexity index is 652. The van der Waals surface area contributed by atoms with Gasteiger partial charge in [0, 0.05) is 13.1 Å². The molecule has 0 bridgehead atoms. The highest BCUT2D eigenvalue weighted by Gasteiger charge is 2.27. The smallest absolute Gasteiger partial charge is 0.243 e. The van der Waals surface area contributed by atoms with Crippen LogP contribution in [0.15, 0.2) is 24.3 Å². The van der Waals surface area contributed by atoms with Gasteiger partial charge in [-0.2, -0.15) is 0 Å². The van der Waals surface area contributed by atoms with Crippen molar-refractivity contribution in [3.05, 3.63) is 29.8 Å². The van der Waals surface area contributed by atoms with Gasteiger partial charge in [-0.15, -0.1) is 0 Å². The normalized spacial score (nSPS) is 16.1. The average Bonchev–Trinajstić information content (AvgIpc) is 2.52. The highest BCUT2D eigenvalue weighted by atomic mass is 32.2. The van der Waals surface area contributed by atoms with Crippen molar-refractivity contribution in [3.8, 4) is 0 Å². The summed E-state index contributed by atoms with van der Waals surface area (Å²) >= 11 is 0. The average molecular weight is 338 g/mol. The summed E-state index contributed by atoms with van der Waals surface area (Å²) in [6, 6.07) is 7.47. The van der Waals surface area contributed by atoms with Crippen LogP contribution in [-0.2, 0) is 14.8 Å². The Hall–Kier alpha value is -1.56. The van der Waals surface area contributed by atoms with Gasteiger partial charge in [0.2, 0.25) is 15.9 Å². The Labute approximate surface area is 139 Å². The first-order valence-corrected chi connectivity index (χ1v) is 9.94. The molecule has 6 heteroatoms. The van der Waals surface area contributed by atoms with Crippen molar-refractivity contribution in [1.29, 1.82) is 0 Å². The van der Waals surface area contributed by atoms with E-state index < -0.39 is 10.0 Å². The van der Waals surface area contributed by atoms with E-state index in [9.17, 15) is 13.2 Å². The van der Waals surface area contributed by atoms with Gasteiger partial charge in [0.05, 0.1) is 11.9 Å². The van der Waals surface area contributed by atoms with Crippen LogP contribution in [0.25, 0.3) is 0 Å². The lowest BCUT2D eigenvalue weighted by atomic mass is 9.94. The topological polar surface area (TPSA) is 57.7 Å². The van der Waals surface area contributed by atoms with Gasteiger partial charge in [-0.25, -0.2) is 8.42 Å². The van der Waals surface area contributed by atoms with Crippen molar-refractivity contribution in [3.63, 3.8) is 0 Å². The van der Waals surface area contributed by atoms with Gasteiger partial charge in [-0.1, -0.05) is 37.5 Å². The minimum absolute atomic E-state index is 0.142. The number of amides is 1. The molecule has 0 heterocycles. The molecular formula is C17H26N2O3S. The van der Waals surface area contributed by atoms with E-state index in [0.29, 0.717) is 5.69 Å². The molecule has 0 N–H and O–H groups in total. The zero-order chi connectivity index (χ0) is 17.0. The van der Waals surface area contributed by atoms with Crippen molar-refractivity contribution >= 4 is 21.6 Å². The fourth-order valence-corrected chi connectivity index (χ4v) is 4.04. The molecule has 128 valence electrons. The van der Waals surface area contributed by atoms with Crippen molar-refractivity contribution in [2.24, 2.45) is 0 Å². The number of sulfonamides is 1. The highest BCUT2D eigenvalue weighted by molar-refractivity contribution is 7.92. The molecular weight excluding hydrogens is 312 g/mol. The number of nitrogens with zero attached hydrogens (tertiary/aromatic N) is 2. The van der Waals surface area contributed by atoms with Crippen LogP contribution in [0.5, 0.6) is 0 Å². The first-order chi connectivity index (χ1) is 10.8. The molecule has 0 aromatic heterocycles. The molecule has 1 amide bonds. The number of anilines is 1. The molecule has 1 aliphatic carbocycles. The summed E-state index contributed by atoms with van der Waals surface area (Å²) < 4.78 is 25.6. The fraction of sp³-hybridized carbons (Fsp3) is 0.588. The van der Waals surface area contributed by atoms with E-state index in [2.05, 4.69) is 0 Å². The van der Waals surface area contributed by atoms with Gasteiger partial charge in [0.15, 0.2) is 0 Å². The fourth-order valence-electron chi connectivity index (χ4n) is 3.13.